The van der Waals surface area contributed by atoms with Gasteiger partial charge in [-0.2, -0.15) is 47.9 Å². The summed E-state index contributed by atoms with van der Waals surface area (Å²) in [5.74, 6) is -14.7. The van der Waals surface area contributed by atoms with Gasteiger partial charge in [-0.25, -0.2) is 0 Å². The highest BCUT2D eigenvalue weighted by Crippen LogP contribution is 2.54. The van der Waals surface area contributed by atoms with Crippen LogP contribution in [0.25, 0.3) is 0 Å². The summed E-state index contributed by atoms with van der Waals surface area (Å²) in [6, 6.07) is 0. The lowest BCUT2D eigenvalue weighted by atomic mass is 10.1. The van der Waals surface area contributed by atoms with Crippen molar-refractivity contribution in [3.05, 3.63) is 0 Å². The number of halogens is 9. The van der Waals surface area contributed by atoms with Gasteiger partial charge in [0.15, 0.2) is 0 Å². The van der Waals surface area contributed by atoms with Crippen LogP contribution in [0.4, 0.5) is 39.5 Å². The van der Waals surface area contributed by atoms with E-state index in [4.69, 9.17) is 10.3 Å². The van der Waals surface area contributed by atoms with Crippen LogP contribution in [0.1, 0.15) is 6.92 Å². The Hall–Kier alpha value is -0.760. The molecule has 20 heavy (non-hydrogen) atoms. The smallest absolute Gasteiger partial charge is 0.331 e. The molecule has 0 fully saturated rings. The maximum Gasteiger partial charge on any atom is 0.460 e. The minimum Gasteiger partial charge on any atom is -0.331 e. The van der Waals surface area contributed by atoms with Crippen molar-refractivity contribution in [1.29, 1.82) is 0 Å². The lowest BCUT2D eigenvalue weighted by molar-refractivity contribution is -0.382. The van der Waals surface area contributed by atoms with Crippen LogP contribution in [0.2, 0.25) is 0 Å². The van der Waals surface area contributed by atoms with E-state index in [1.807, 2.05) is 6.92 Å². The maximum absolute atomic E-state index is 12.2. The Morgan fingerprint density at radius 2 is 1.15 bits per heavy atom. The Bertz CT molecular complexity index is 416. The zero-order valence-electron chi connectivity index (χ0n) is 9.36. The van der Waals surface area contributed by atoms with Gasteiger partial charge in [0.2, 0.25) is 0 Å². The largest absolute Gasteiger partial charge is 0.460 e. The van der Waals surface area contributed by atoms with E-state index >= 15 is 0 Å². The first-order valence-corrected chi connectivity index (χ1v) is 5.73. The molecule has 0 aromatic rings. The topological polar surface area (TPSA) is 80.4 Å². The van der Waals surface area contributed by atoms with Crippen LogP contribution in [0.5, 0.6) is 0 Å². The summed E-state index contributed by atoms with van der Waals surface area (Å²) >= 11 is 0. The molecule has 0 aromatic carbocycles. The zero-order valence-corrected chi connectivity index (χ0v) is 10.2. The molecule has 0 radical (unpaired) electrons. The molecule has 0 bridgehead atoms. The summed E-state index contributed by atoms with van der Waals surface area (Å²) in [5, 5.41) is -7.00. The van der Waals surface area contributed by atoms with Gasteiger partial charge in [0.1, 0.15) is 0 Å². The number of alkyl halides is 9. The van der Waals surface area contributed by atoms with Crippen molar-refractivity contribution in [2.24, 2.45) is 5.73 Å². The van der Waals surface area contributed by atoms with Crippen LogP contribution < -0.4 is 5.73 Å². The Labute approximate surface area is 106 Å². The molecule has 0 aliphatic heterocycles. The first-order valence-electron chi connectivity index (χ1n) is 4.29. The van der Waals surface area contributed by atoms with E-state index in [1.165, 1.54) is 0 Å². The third kappa shape index (κ3) is 3.66. The second-order valence-corrected chi connectivity index (χ2v) is 4.51. The summed E-state index contributed by atoms with van der Waals surface area (Å²) in [6.07, 6.45) is -7.13. The van der Waals surface area contributed by atoms with Gasteiger partial charge in [0, 0.05) is 0 Å². The molecule has 0 saturated carbocycles. The molecule has 14 heteroatoms. The van der Waals surface area contributed by atoms with Crippen LogP contribution in [-0.4, -0.2) is 42.8 Å². The first kappa shape index (κ1) is 21.5. The highest BCUT2D eigenvalue weighted by molar-refractivity contribution is 7.87. The molecule has 0 atom stereocenters. The van der Waals surface area contributed by atoms with E-state index in [-0.39, 0.29) is 0 Å². The minimum absolute atomic E-state index is 0.750. The summed E-state index contributed by atoms with van der Waals surface area (Å²) < 4.78 is 134. The van der Waals surface area contributed by atoms with Crippen molar-refractivity contribution in [2.45, 2.75) is 30.2 Å². The Morgan fingerprint density at radius 3 is 1.30 bits per heavy atom. The van der Waals surface area contributed by atoms with Crippen molar-refractivity contribution in [2.75, 3.05) is 6.54 Å². The third-order valence-corrected chi connectivity index (χ3v) is 2.34. The van der Waals surface area contributed by atoms with Crippen molar-refractivity contribution >= 4 is 10.1 Å². The zero-order chi connectivity index (χ0) is 17.2. The van der Waals surface area contributed by atoms with Gasteiger partial charge in [-0.1, -0.05) is 6.92 Å². The molecule has 0 aromatic heterocycles. The fourth-order valence-corrected chi connectivity index (χ4v) is 0.975. The van der Waals surface area contributed by atoms with E-state index in [2.05, 4.69) is 0 Å². The van der Waals surface area contributed by atoms with Crippen LogP contribution in [0.15, 0.2) is 0 Å². The Kier molecular flexibility index (Phi) is 6.38. The maximum atomic E-state index is 12.2. The SMILES string of the molecule is CCN.O=S(=O)(O)C(F)(F)C(F)(F)C(F)(F)C(F)(F)F. The normalized spacial score (nSPS) is 14.6. The number of rotatable bonds is 3. The average molecular weight is 345 g/mol. The second-order valence-electron chi connectivity index (χ2n) is 3.05. The fraction of sp³-hybridized carbons (Fsp3) is 1.00. The van der Waals surface area contributed by atoms with E-state index in [0.717, 1.165) is 6.54 Å². The van der Waals surface area contributed by atoms with Crippen molar-refractivity contribution in [3.63, 3.8) is 0 Å². The van der Waals surface area contributed by atoms with Gasteiger partial charge in [-0.15, -0.1) is 0 Å². The molecule has 0 amide bonds. The highest BCUT2D eigenvalue weighted by atomic mass is 32.2. The lowest BCUT2D eigenvalue weighted by Gasteiger charge is -2.31. The number of hydrogen-bond acceptors (Lipinski definition) is 3. The van der Waals surface area contributed by atoms with Crippen molar-refractivity contribution in [3.8, 4) is 0 Å². The lowest BCUT2D eigenvalue weighted by Crippen LogP contribution is -2.63. The molecule has 0 saturated heterocycles. The van der Waals surface area contributed by atoms with Gasteiger partial charge in [0.25, 0.3) is 0 Å². The second kappa shape index (κ2) is 5.93. The molecule has 0 spiro atoms. The molecule has 4 nitrogen and oxygen atoms in total. The van der Waals surface area contributed by atoms with Crippen LogP contribution in [0.3, 0.4) is 0 Å². The molecule has 3 N–H and O–H groups in total. The van der Waals surface area contributed by atoms with E-state index < -0.39 is 33.4 Å². The van der Waals surface area contributed by atoms with Gasteiger partial charge in [-0.05, 0) is 6.54 Å². The van der Waals surface area contributed by atoms with Gasteiger partial charge < -0.3 is 5.73 Å². The van der Waals surface area contributed by atoms with Crippen LogP contribution in [-0.2, 0) is 10.1 Å². The monoisotopic (exact) mass is 345 g/mol. The number of nitrogens with two attached hydrogens (primary N) is 1. The standard InChI is InChI=1S/C4HF9O3S.C2H7N/c5-1(6,3(9,10)11)2(7,8)4(12,13)17(14,15)16;1-2-3/h(H,14,15,16);2-3H2,1H3. The van der Waals surface area contributed by atoms with Crippen molar-refractivity contribution < 1.29 is 52.5 Å². The quantitative estimate of drug-likeness (QED) is 0.607. The molecule has 0 rings (SSSR count). The van der Waals surface area contributed by atoms with Gasteiger partial charge >= 0.3 is 33.4 Å². The molecular weight excluding hydrogens is 337 g/mol. The van der Waals surface area contributed by atoms with E-state index in [9.17, 15) is 47.9 Å². The molecular formula is C6H8F9NO3S. The average Bonchev–Trinajstić information content (AvgIpc) is 2.14. The number of hydrogen-bond donors (Lipinski definition) is 2. The summed E-state index contributed by atoms with van der Waals surface area (Å²) in [6.45, 7) is 2.65. The molecule has 0 aliphatic carbocycles. The fourth-order valence-electron chi connectivity index (χ4n) is 0.523. The summed E-state index contributed by atoms with van der Waals surface area (Å²) in [5.41, 5.74) is 4.85. The van der Waals surface area contributed by atoms with Crippen LogP contribution >= 0.6 is 0 Å². The van der Waals surface area contributed by atoms with Crippen LogP contribution in [0, 0.1) is 0 Å². The van der Waals surface area contributed by atoms with E-state index in [1.54, 1.807) is 0 Å². The molecule has 0 unspecified atom stereocenters. The Balaban J connectivity index is 0. The predicted molar refractivity (Wildman–Crippen MR) is 47.2 cm³/mol. The van der Waals surface area contributed by atoms with Crippen molar-refractivity contribution in [1.82, 2.24) is 0 Å². The molecule has 0 heterocycles. The molecule has 0 aliphatic rings. The minimum atomic E-state index is -7.37. The Morgan fingerprint density at radius 1 is 0.900 bits per heavy atom. The van der Waals surface area contributed by atoms with Gasteiger partial charge in [-0.3, -0.25) is 4.55 Å². The molecule has 124 valence electrons. The predicted octanol–water partition coefficient (Wildman–Crippen LogP) is 2.26. The third-order valence-electron chi connectivity index (χ3n) is 1.44. The highest BCUT2D eigenvalue weighted by Gasteiger charge is 2.85. The summed E-state index contributed by atoms with van der Waals surface area (Å²) in [4.78, 5) is 0. The van der Waals surface area contributed by atoms with E-state index in [0.29, 0.717) is 0 Å². The summed E-state index contributed by atoms with van der Waals surface area (Å²) in [7, 11) is -7.17. The first-order chi connectivity index (χ1) is 8.41. The van der Waals surface area contributed by atoms with Gasteiger partial charge in [0.05, 0.1) is 0 Å².